The Morgan fingerprint density at radius 3 is 1.98 bits per heavy atom. The van der Waals surface area contributed by atoms with Gasteiger partial charge in [0.2, 0.25) is 0 Å². The van der Waals surface area contributed by atoms with Crippen LogP contribution in [0.15, 0.2) is 110 Å². The first-order valence-corrected chi connectivity index (χ1v) is 17.7. The van der Waals surface area contributed by atoms with E-state index in [0.717, 1.165) is 40.7 Å². The van der Waals surface area contributed by atoms with Crippen LogP contribution in [-0.4, -0.2) is 16.2 Å². The van der Waals surface area contributed by atoms with Crippen molar-refractivity contribution in [3.63, 3.8) is 0 Å². The Morgan fingerprint density at radius 2 is 1.26 bits per heavy atom. The molecule has 0 spiro atoms. The molecule has 0 radical (unpaired) electrons. The van der Waals surface area contributed by atoms with Gasteiger partial charge in [0.05, 0.1) is 17.7 Å². The Bertz CT molecular complexity index is 2250. The number of anilines is 2. The summed E-state index contributed by atoms with van der Waals surface area (Å²) in [5, 5.41) is 2.37. The van der Waals surface area contributed by atoms with E-state index in [-0.39, 0.29) is 16.2 Å². The molecule has 2 aromatic heterocycles. The Labute approximate surface area is 297 Å². The molecule has 0 saturated carbocycles. The van der Waals surface area contributed by atoms with Crippen LogP contribution in [-0.2, 0) is 16.2 Å². The molecule has 50 heavy (non-hydrogen) atoms. The highest BCUT2D eigenvalue weighted by atomic mass is 16.5. The first-order chi connectivity index (χ1) is 23.6. The number of para-hydroxylation sites is 1. The van der Waals surface area contributed by atoms with Gasteiger partial charge < -0.3 is 14.5 Å². The van der Waals surface area contributed by atoms with Crippen molar-refractivity contribution in [1.82, 2.24) is 9.55 Å². The second-order valence-corrected chi connectivity index (χ2v) is 16.9. The summed E-state index contributed by atoms with van der Waals surface area (Å²) in [4.78, 5) is 9.48. The molecule has 3 heterocycles. The number of ether oxygens (including phenoxy) is 1. The smallest absolute Gasteiger partial charge is 0.137 e. The Balaban J connectivity index is 1.25. The number of nitrogens with zero attached hydrogens (tertiary/aromatic N) is 4. The number of benzene rings is 4. The maximum atomic E-state index is 6.76. The van der Waals surface area contributed by atoms with Crippen molar-refractivity contribution in [2.75, 3.05) is 16.5 Å². The molecule has 0 N–H and O–H groups in total. The van der Waals surface area contributed by atoms with Gasteiger partial charge in [-0.3, -0.25) is 4.57 Å². The van der Waals surface area contributed by atoms with Crippen LogP contribution in [0.5, 0.6) is 11.5 Å². The third kappa shape index (κ3) is 6.37. The number of aryl methyl sites for hydroxylation is 1. The van der Waals surface area contributed by atoms with E-state index in [1.54, 1.807) is 0 Å². The zero-order valence-electron chi connectivity index (χ0n) is 31.3. The molecule has 0 aliphatic carbocycles. The van der Waals surface area contributed by atoms with Crippen molar-refractivity contribution in [2.24, 2.45) is 0 Å². The van der Waals surface area contributed by atoms with E-state index in [1.165, 1.54) is 38.7 Å². The second kappa shape index (κ2) is 12.1. The Hall–Kier alpha value is -5.03. The summed E-state index contributed by atoms with van der Waals surface area (Å²) in [6, 6.07) is 32.8. The molecule has 4 aromatic carbocycles. The third-order valence-electron chi connectivity index (χ3n) is 9.91. The fourth-order valence-corrected chi connectivity index (χ4v) is 6.83. The summed E-state index contributed by atoms with van der Waals surface area (Å²) in [7, 11) is 0. The van der Waals surface area contributed by atoms with E-state index in [4.69, 9.17) is 9.72 Å². The lowest BCUT2D eigenvalue weighted by Gasteiger charge is -2.27. The molecule has 1 aliphatic heterocycles. The average molecular weight is 663 g/mol. The number of pyridine rings is 1. The molecular formula is C45H50N4O. The maximum Gasteiger partial charge on any atom is 0.137 e. The van der Waals surface area contributed by atoms with Crippen LogP contribution >= 0.6 is 0 Å². The number of hydrogen-bond donors (Lipinski definition) is 0. The van der Waals surface area contributed by atoms with Crippen LogP contribution in [0.3, 0.4) is 0 Å². The van der Waals surface area contributed by atoms with Crippen molar-refractivity contribution < 1.29 is 4.74 Å². The van der Waals surface area contributed by atoms with Crippen molar-refractivity contribution in [1.29, 1.82) is 0 Å². The zero-order chi connectivity index (χ0) is 35.6. The molecular weight excluding hydrogens is 613 g/mol. The summed E-state index contributed by atoms with van der Waals surface area (Å²) in [6.45, 7) is 23.2. The van der Waals surface area contributed by atoms with Crippen molar-refractivity contribution in [3.05, 3.63) is 132 Å². The zero-order valence-corrected chi connectivity index (χ0v) is 31.3. The maximum absolute atomic E-state index is 6.76. The van der Waals surface area contributed by atoms with Gasteiger partial charge in [0, 0.05) is 52.9 Å². The van der Waals surface area contributed by atoms with Crippen LogP contribution in [0.1, 0.15) is 84.6 Å². The highest BCUT2D eigenvalue weighted by Gasteiger charge is 2.23. The van der Waals surface area contributed by atoms with Gasteiger partial charge in [-0.05, 0) is 94.0 Å². The Morgan fingerprint density at radius 1 is 0.580 bits per heavy atom. The molecule has 0 amide bonds. The topological polar surface area (TPSA) is 33.5 Å². The number of aromatic nitrogens is 2. The summed E-state index contributed by atoms with van der Waals surface area (Å²) >= 11 is 0. The summed E-state index contributed by atoms with van der Waals surface area (Å²) in [6.07, 6.45) is 6.28. The summed E-state index contributed by atoms with van der Waals surface area (Å²) < 4.78 is 9.03. The van der Waals surface area contributed by atoms with E-state index in [2.05, 4.69) is 187 Å². The quantitative estimate of drug-likeness (QED) is 0.184. The van der Waals surface area contributed by atoms with Crippen LogP contribution in [0.2, 0.25) is 0 Å². The molecule has 0 saturated heterocycles. The molecule has 6 aromatic rings. The van der Waals surface area contributed by atoms with Crippen molar-refractivity contribution in [2.45, 2.75) is 85.5 Å². The predicted molar refractivity (Wildman–Crippen MR) is 211 cm³/mol. The molecule has 7 rings (SSSR count). The van der Waals surface area contributed by atoms with Crippen LogP contribution in [0.4, 0.5) is 11.4 Å². The lowest BCUT2D eigenvalue weighted by Crippen LogP contribution is -2.25. The van der Waals surface area contributed by atoms with Gasteiger partial charge >= 0.3 is 0 Å². The normalized spacial score (nSPS) is 14.0. The fourth-order valence-electron chi connectivity index (χ4n) is 6.83. The number of rotatable bonds is 5. The molecule has 0 atom stereocenters. The van der Waals surface area contributed by atoms with Gasteiger partial charge in [0.15, 0.2) is 0 Å². The lowest BCUT2D eigenvalue weighted by molar-refractivity contribution is 0.479. The van der Waals surface area contributed by atoms with E-state index in [1.807, 2.05) is 6.20 Å². The number of hydrogen-bond acceptors (Lipinski definition) is 4. The first-order valence-electron chi connectivity index (χ1n) is 17.7. The standard InChI is InChI=1S/C45H50N4O/c1-30-23-31(43(2,3)4)15-18-39(30)48-22-21-47(29-48)34-24-33(45(8,9)10)25-36(27-34)50-35-16-17-38-37-13-11-12-14-40(37)49(41(38)28-35)42-26-32(19-20-46-42)44(5,6)7/h11-28H,29H2,1-10H3. The highest BCUT2D eigenvalue weighted by molar-refractivity contribution is 6.09. The fraction of sp³-hybridized carbons (Fsp3) is 0.311. The number of fused-ring (bicyclic) bond motifs is 3. The van der Waals surface area contributed by atoms with E-state index in [9.17, 15) is 0 Å². The van der Waals surface area contributed by atoms with Crippen molar-refractivity contribution in [3.8, 4) is 17.3 Å². The van der Waals surface area contributed by atoms with Crippen LogP contribution in [0.25, 0.3) is 27.6 Å². The molecule has 256 valence electrons. The minimum Gasteiger partial charge on any atom is -0.457 e. The van der Waals surface area contributed by atoms with E-state index >= 15 is 0 Å². The lowest BCUT2D eigenvalue weighted by atomic mass is 9.86. The molecule has 0 fully saturated rings. The predicted octanol–water partition coefficient (Wildman–Crippen LogP) is 11.9. The van der Waals surface area contributed by atoms with Crippen LogP contribution < -0.4 is 14.5 Å². The molecule has 1 aliphatic rings. The van der Waals surface area contributed by atoms with Gasteiger partial charge in [0.1, 0.15) is 17.3 Å². The van der Waals surface area contributed by atoms with Gasteiger partial charge in [-0.25, -0.2) is 4.98 Å². The van der Waals surface area contributed by atoms with E-state index in [0.29, 0.717) is 0 Å². The minimum atomic E-state index is -0.0588. The molecule has 5 nitrogen and oxygen atoms in total. The van der Waals surface area contributed by atoms with Gasteiger partial charge in [0.25, 0.3) is 0 Å². The SMILES string of the molecule is Cc1cc(C(C)(C)C)ccc1N1C=CN(c2cc(Oc3ccc4c5ccccc5n(-c5cc(C(C)(C)C)ccn5)c4c3)cc(C(C)(C)C)c2)C1. The van der Waals surface area contributed by atoms with Gasteiger partial charge in [-0.15, -0.1) is 0 Å². The van der Waals surface area contributed by atoms with E-state index < -0.39 is 0 Å². The third-order valence-corrected chi connectivity index (χ3v) is 9.91. The van der Waals surface area contributed by atoms with Gasteiger partial charge in [-0.2, -0.15) is 0 Å². The van der Waals surface area contributed by atoms with Gasteiger partial charge in [-0.1, -0.05) is 92.6 Å². The highest BCUT2D eigenvalue weighted by Crippen LogP contribution is 2.39. The first kappa shape index (κ1) is 33.5. The minimum absolute atomic E-state index is 0.0117. The molecule has 0 bridgehead atoms. The average Bonchev–Trinajstić information content (AvgIpc) is 3.67. The van der Waals surface area contributed by atoms with Crippen molar-refractivity contribution >= 4 is 33.2 Å². The summed E-state index contributed by atoms with van der Waals surface area (Å²) in [5.41, 5.74) is 9.71. The monoisotopic (exact) mass is 662 g/mol. The van der Waals surface area contributed by atoms with Crippen LogP contribution in [0, 0.1) is 6.92 Å². The molecule has 5 heteroatoms. The summed E-state index contributed by atoms with van der Waals surface area (Å²) in [5.74, 6) is 2.52. The largest absolute Gasteiger partial charge is 0.457 e. The second-order valence-electron chi connectivity index (χ2n) is 16.9. The molecule has 0 unspecified atom stereocenters. The Kier molecular flexibility index (Phi) is 8.09.